The molecule has 24 heavy (non-hydrogen) atoms. The zero-order valence-electron chi connectivity index (χ0n) is 12.5. The Morgan fingerprint density at radius 1 is 1.17 bits per heavy atom. The number of non-ortho nitro benzene ring substituents is 1. The van der Waals surface area contributed by atoms with Crippen molar-refractivity contribution in [2.24, 2.45) is 0 Å². The van der Waals surface area contributed by atoms with E-state index in [1.165, 1.54) is 30.3 Å². The smallest absolute Gasteiger partial charge is 0.269 e. The van der Waals surface area contributed by atoms with Crippen LogP contribution in [0.4, 0.5) is 14.5 Å². The summed E-state index contributed by atoms with van der Waals surface area (Å²) in [5.74, 6) is -1.43. The summed E-state index contributed by atoms with van der Waals surface area (Å²) in [4.78, 5) is 10.1. The van der Waals surface area contributed by atoms with Gasteiger partial charge >= 0.3 is 0 Å². The Bertz CT molecular complexity index is 710. The van der Waals surface area contributed by atoms with Crippen LogP contribution < -0.4 is 5.32 Å². The molecule has 0 fully saturated rings. The first-order valence-electron chi connectivity index (χ1n) is 7.13. The van der Waals surface area contributed by atoms with Crippen molar-refractivity contribution in [1.29, 1.82) is 0 Å². The Labute approximate surface area is 136 Å². The predicted molar refractivity (Wildman–Crippen MR) is 82.1 cm³/mol. The monoisotopic (exact) mass is 338 g/mol. The number of hydrogen-bond donors (Lipinski definition) is 3. The fourth-order valence-electron chi connectivity index (χ4n) is 2.21. The summed E-state index contributed by atoms with van der Waals surface area (Å²) in [5, 5.41) is 33.1. The van der Waals surface area contributed by atoms with E-state index in [0.29, 0.717) is 5.56 Å². The molecule has 0 aromatic heterocycles. The molecule has 128 valence electrons. The molecule has 2 rings (SSSR count). The van der Waals surface area contributed by atoms with Crippen LogP contribution in [0.15, 0.2) is 42.5 Å². The zero-order chi connectivity index (χ0) is 17.7. The van der Waals surface area contributed by atoms with Crippen molar-refractivity contribution >= 4 is 5.69 Å². The summed E-state index contributed by atoms with van der Waals surface area (Å²) in [6.45, 7) is -0.470. The van der Waals surface area contributed by atoms with E-state index < -0.39 is 35.3 Å². The van der Waals surface area contributed by atoms with Gasteiger partial charge in [-0.15, -0.1) is 0 Å². The molecule has 0 saturated carbocycles. The van der Waals surface area contributed by atoms with Gasteiger partial charge in [0.15, 0.2) is 0 Å². The van der Waals surface area contributed by atoms with Crippen LogP contribution in [0.2, 0.25) is 0 Å². The van der Waals surface area contributed by atoms with Crippen molar-refractivity contribution in [3.63, 3.8) is 0 Å². The van der Waals surface area contributed by atoms with Crippen LogP contribution >= 0.6 is 0 Å². The first kappa shape index (κ1) is 17.9. The molecule has 2 unspecified atom stereocenters. The average Bonchev–Trinajstić information content (AvgIpc) is 2.57. The summed E-state index contributed by atoms with van der Waals surface area (Å²) in [7, 11) is 0. The summed E-state index contributed by atoms with van der Waals surface area (Å²) in [6, 6.07) is 7.55. The van der Waals surface area contributed by atoms with Crippen LogP contribution in [0.1, 0.15) is 17.2 Å². The minimum atomic E-state index is -1.15. The molecule has 0 amide bonds. The maximum atomic E-state index is 13.6. The molecule has 0 aliphatic carbocycles. The number of nitro benzene ring substituents is 1. The van der Waals surface area contributed by atoms with Crippen molar-refractivity contribution in [2.45, 2.75) is 18.7 Å². The molecule has 0 spiro atoms. The number of hydrogen-bond acceptors (Lipinski definition) is 5. The zero-order valence-corrected chi connectivity index (χ0v) is 12.5. The number of aliphatic hydroxyl groups is 2. The Hall–Kier alpha value is -2.42. The van der Waals surface area contributed by atoms with Crippen molar-refractivity contribution < 1.29 is 23.9 Å². The molecule has 2 aromatic carbocycles. The van der Waals surface area contributed by atoms with Crippen molar-refractivity contribution in [1.82, 2.24) is 5.32 Å². The Balaban J connectivity index is 2.05. The predicted octanol–water partition coefficient (Wildman–Crippen LogP) is 2.06. The molecule has 0 aliphatic heterocycles. The third kappa shape index (κ3) is 4.31. The topological polar surface area (TPSA) is 95.6 Å². The highest BCUT2D eigenvalue weighted by Crippen LogP contribution is 2.21. The lowest BCUT2D eigenvalue weighted by Crippen LogP contribution is -2.37. The van der Waals surface area contributed by atoms with Crippen LogP contribution in [0, 0.1) is 21.7 Å². The quantitative estimate of drug-likeness (QED) is 0.530. The molecule has 0 heterocycles. The van der Waals surface area contributed by atoms with Gasteiger partial charge in [0.2, 0.25) is 0 Å². The van der Waals surface area contributed by atoms with Gasteiger partial charge in [-0.05, 0) is 23.8 Å². The molecule has 0 radical (unpaired) electrons. The number of benzene rings is 2. The van der Waals surface area contributed by atoms with E-state index >= 15 is 0 Å². The second kappa shape index (κ2) is 7.91. The van der Waals surface area contributed by atoms with Gasteiger partial charge < -0.3 is 15.5 Å². The van der Waals surface area contributed by atoms with E-state index in [9.17, 15) is 29.1 Å². The normalized spacial score (nSPS) is 13.5. The fraction of sp³-hybridized carbons (Fsp3) is 0.250. The number of rotatable bonds is 7. The number of nitrogens with one attached hydrogen (secondary N) is 1. The molecular weight excluding hydrogens is 322 g/mol. The largest absolute Gasteiger partial charge is 0.395 e. The highest BCUT2D eigenvalue weighted by atomic mass is 19.1. The molecular formula is C16H16F2N2O4. The Kier molecular flexibility index (Phi) is 5.91. The number of aliphatic hydroxyl groups excluding tert-OH is 2. The first-order valence-corrected chi connectivity index (χ1v) is 7.13. The van der Waals surface area contributed by atoms with Gasteiger partial charge in [-0.2, -0.15) is 0 Å². The SMILES string of the molecule is O=[N+]([O-])c1ccc(C(O)C(CO)NCc2ccc(F)cc2F)cc1. The minimum absolute atomic E-state index is 0.0264. The minimum Gasteiger partial charge on any atom is -0.395 e. The molecule has 0 bridgehead atoms. The number of nitrogens with zero attached hydrogens (tertiary/aromatic N) is 1. The lowest BCUT2D eigenvalue weighted by molar-refractivity contribution is -0.384. The number of halogens is 2. The van der Waals surface area contributed by atoms with Crippen molar-refractivity contribution in [3.8, 4) is 0 Å². The van der Waals surface area contributed by atoms with Crippen LogP contribution in [0.5, 0.6) is 0 Å². The number of nitro groups is 1. The summed E-state index contributed by atoms with van der Waals surface area (Å²) >= 11 is 0. The average molecular weight is 338 g/mol. The van der Waals surface area contributed by atoms with E-state index in [2.05, 4.69) is 5.32 Å². The van der Waals surface area contributed by atoms with E-state index in [1.807, 2.05) is 0 Å². The standard InChI is InChI=1S/C16H16F2N2O4/c17-12-4-1-11(14(18)7-12)8-19-15(9-21)16(22)10-2-5-13(6-3-10)20(23)24/h1-7,15-16,19,21-22H,8-9H2. The Morgan fingerprint density at radius 3 is 2.38 bits per heavy atom. The molecule has 0 saturated heterocycles. The van der Waals surface area contributed by atoms with Gasteiger partial charge in [0, 0.05) is 30.3 Å². The molecule has 2 aromatic rings. The van der Waals surface area contributed by atoms with Crippen LogP contribution in [0.3, 0.4) is 0 Å². The van der Waals surface area contributed by atoms with Gasteiger partial charge in [0.1, 0.15) is 11.6 Å². The first-order chi connectivity index (χ1) is 11.4. The third-order valence-corrected chi connectivity index (χ3v) is 3.59. The summed E-state index contributed by atoms with van der Waals surface area (Å²) < 4.78 is 26.4. The van der Waals surface area contributed by atoms with Crippen LogP contribution in [0.25, 0.3) is 0 Å². The lowest BCUT2D eigenvalue weighted by atomic mass is 10.0. The fourth-order valence-corrected chi connectivity index (χ4v) is 2.21. The van der Waals surface area contributed by atoms with Crippen LogP contribution in [-0.4, -0.2) is 27.8 Å². The lowest BCUT2D eigenvalue weighted by Gasteiger charge is -2.22. The molecule has 0 aliphatic rings. The molecule has 8 heteroatoms. The van der Waals surface area contributed by atoms with Gasteiger partial charge in [-0.3, -0.25) is 10.1 Å². The van der Waals surface area contributed by atoms with E-state index in [4.69, 9.17) is 0 Å². The second-order valence-corrected chi connectivity index (χ2v) is 5.20. The van der Waals surface area contributed by atoms with Crippen molar-refractivity contribution in [2.75, 3.05) is 6.61 Å². The molecule has 2 atom stereocenters. The maximum absolute atomic E-state index is 13.6. The summed E-state index contributed by atoms with van der Waals surface area (Å²) in [5.41, 5.74) is 0.435. The molecule has 3 N–H and O–H groups in total. The van der Waals surface area contributed by atoms with E-state index in [1.54, 1.807) is 0 Å². The van der Waals surface area contributed by atoms with E-state index in [0.717, 1.165) is 12.1 Å². The van der Waals surface area contributed by atoms with E-state index in [-0.39, 0.29) is 17.8 Å². The second-order valence-electron chi connectivity index (χ2n) is 5.20. The van der Waals surface area contributed by atoms with Crippen LogP contribution in [-0.2, 0) is 6.54 Å². The summed E-state index contributed by atoms with van der Waals surface area (Å²) in [6.07, 6.45) is -1.15. The van der Waals surface area contributed by atoms with Gasteiger partial charge in [-0.25, -0.2) is 8.78 Å². The maximum Gasteiger partial charge on any atom is 0.269 e. The van der Waals surface area contributed by atoms with Crippen molar-refractivity contribution in [3.05, 3.63) is 75.3 Å². The van der Waals surface area contributed by atoms with Gasteiger partial charge in [0.25, 0.3) is 5.69 Å². The highest BCUT2D eigenvalue weighted by Gasteiger charge is 2.21. The highest BCUT2D eigenvalue weighted by molar-refractivity contribution is 5.34. The third-order valence-electron chi connectivity index (χ3n) is 3.59. The van der Waals surface area contributed by atoms with Gasteiger partial charge in [0.05, 0.1) is 23.7 Å². The molecule has 6 nitrogen and oxygen atoms in total. The Morgan fingerprint density at radius 2 is 1.83 bits per heavy atom. The van der Waals surface area contributed by atoms with Gasteiger partial charge in [-0.1, -0.05) is 6.07 Å².